The second-order valence-corrected chi connectivity index (χ2v) is 3.72. The lowest BCUT2D eigenvalue weighted by Gasteiger charge is -2.15. The molecule has 0 aromatic rings. The van der Waals surface area contributed by atoms with Gasteiger partial charge in [-0.25, -0.2) is 4.79 Å². The summed E-state index contributed by atoms with van der Waals surface area (Å²) >= 11 is 4.91. The van der Waals surface area contributed by atoms with Gasteiger partial charge in [-0.15, -0.1) is 0 Å². The molecule has 0 spiro atoms. The zero-order chi connectivity index (χ0) is 10.7. The van der Waals surface area contributed by atoms with E-state index in [1.807, 2.05) is 13.8 Å². The molecule has 1 atom stereocenters. The van der Waals surface area contributed by atoms with Crippen molar-refractivity contribution in [1.29, 1.82) is 0 Å². The topological polar surface area (TPSA) is 41.6 Å². The Morgan fingerprint density at radius 2 is 2.50 bits per heavy atom. The molecule has 0 aliphatic carbocycles. The third-order valence-corrected chi connectivity index (χ3v) is 2.07. The number of rotatable bonds is 2. The molecule has 1 N–H and O–H groups in total. The van der Waals surface area contributed by atoms with Gasteiger partial charge in [-0.1, -0.05) is 6.58 Å². The van der Waals surface area contributed by atoms with Crippen molar-refractivity contribution in [3.8, 4) is 0 Å². The van der Waals surface area contributed by atoms with Crippen LogP contribution in [-0.2, 0) is 4.74 Å². The van der Waals surface area contributed by atoms with E-state index in [0.29, 0.717) is 6.54 Å². The molecular formula is C9H14N2O2S. The maximum Gasteiger partial charge on any atom is 0.325 e. The van der Waals surface area contributed by atoms with Crippen molar-refractivity contribution in [3.05, 3.63) is 12.7 Å². The maximum atomic E-state index is 11.5. The second kappa shape index (κ2) is 4.41. The van der Waals surface area contributed by atoms with Gasteiger partial charge in [0.1, 0.15) is 6.10 Å². The highest BCUT2D eigenvalue weighted by atomic mass is 32.1. The van der Waals surface area contributed by atoms with Crippen molar-refractivity contribution in [2.45, 2.75) is 26.0 Å². The number of nitrogens with one attached hydrogen (secondary N) is 1. The SMILES string of the molecule is C=C[C@@H]1CN(C(=O)NC(C)C)C(=S)O1. The zero-order valence-electron chi connectivity index (χ0n) is 8.32. The number of carbonyl (C=O) groups excluding carboxylic acids is 1. The Labute approximate surface area is 88.9 Å². The number of nitrogens with zero attached hydrogens (tertiary/aromatic N) is 1. The van der Waals surface area contributed by atoms with Gasteiger partial charge in [0.15, 0.2) is 0 Å². The maximum absolute atomic E-state index is 11.5. The number of carbonyl (C=O) groups is 1. The van der Waals surface area contributed by atoms with Crippen molar-refractivity contribution in [1.82, 2.24) is 10.2 Å². The first kappa shape index (κ1) is 11.0. The minimum absolute atomic E-state index is 0.0908. The minimum atomic E-state index is -0.214. The fourth-order valence-electron chi connectivity index (χ4n) is 1.10. The van der Waals surface area contributed by atoms with Gasteiger partial charge >= 0.3 is 6.03 Å². The standard InChI is InChI=1S/C9H14N2O2S/c1-4-7-5-11(9(14)13-7)8(12)10-6(2)3/h4,6-7H,1,5H2,2-3H3,(H,10,12)/t7-/m1/s1. The summed E-state index contributed by atoms with van der Waals surface area (Å²) < 4.78 is 5.20. The molecular weight excluding hydrogens is 200 g/mol. The lowest BCUT2D eigenvalue weighted by Crippen LogP contribution is -2.43. The third kappa shape index (κ3) is 2.45. The largest absolute Gasteiger partial charge is 0.461 e. The van der Waals surface area contributed by atoms with Crippen LogP contribution in [-0.4, -0.2) is 34.8 Å². The van der Waals surface area contributed by atoms with Gasteiger partial charge in [0, 0.05) is 6.04 Å². The van der Waals surface area contributed by atoms with Gasteiger partial charge in [0.05, 0.1) is 6.54 Å². The number of hydrogen-bond donors (Lipinski definition) is 1. The van der Waals surface area contributed by atoms with E-state index in [-0.39, 0.29) is 23.4 Å². The Balaban J connectivity index is 2.57. The zero-order valence-corrected chi connectivity index (χ0v) is 9.13. The van der Waals surface area contributed by atoms with Crippen molar-refractivity contribution >= 4 is 23.4 Å². The molecule has 4 nitrogen and oxygen atoms in total. The van der Waals surface area contributed by atoms with Gasteiger partial charge < -0.3 is 10.1 Å². The highest BCUT2D eigenvalue weighted by Crippen LogP contribution is 2.12. The van der Waals surface area contributed by atoms with Crippen LogP contribution in [0.15, 0.2) is 12.7 Å². The predicted molar refractivity (Wildman–Crippen MR) is 58.0 cm³/mol. The third-order valence-electron chi connectivity index (χ3n) is 1.76. The molecule has 2 amide bonds. The Morgan fingerprint density at radius 1 is 1.86 bits per heavy atom. The molecule has 1 heterocycles. The summed E-state index contributed by atoms with van der Waals surface area (Å²) in [5.41, 5.74) is 0. The van der Waals surface area contributed by atoms with E-state index in [2.05, 4.69) is 11.9 Å². The van der Waals surface area contributed by atoms with Crippen LogP contribution < -0.4 is 5.32 Å². The van der Waals surface area contributed by atoms with Crippen LogP contribution in [0.3, 0.4) is 0 Å². The summed E-state index contributed by atoms with van der Waals surface area (Å²) in [4.78, 5) is 12.9. The molecule has 0 aromatic carbocycles. The van der Waals surface area contributed by atoms with Crippen LogP contribution in [0.2, 0.25) is 0 Å². The monoisotopic (exact) mass is 214 g/mol. The summed E-state index contributed by atoms with van der Waals surface area (Å²) in [6.07, 6.45) is 1.45. The van der Waals surface area contributed by atoms with Crippen molar-refractivity contribution < 1.29 is 9.53 Å². The highest BCUT2D eigenvalue weighted by Gasteiger charge is 2.31. The fraction of sp³-hybridized carbons (Fsp3) is 0.556. The van der Waals surface area contributed by atoms with Crippen molar-refractivity contribution in [3.63, 3.8) is 0 Å². The number of hydrogen-bond acceptors (Lipinski definition) is 3. The second-order valence-electron chi connectivity index (χ2n) is 3.37. The molecule has 78 valence electrons. The van der Waals surface area contributed by atoms with Crippen LogP contribution >= 0.6 is 12.2 Å². The van der Waals surface area contributed by atoms with Crippen LogP contribution in [0.25, 0.3) is 0 Å². The highest BCUT2D eigenvalue weighted by molar-refractivity contribution is 7.80. The lowest BCUT2D eigenvalue weighted by atomic mass is 10.3. The molecule has 1 rings (SSSR count). The van der Waals surface area contributed by atoms with E-state index >= 15 is 0 Å². The number of amides is 2. The smallest absolute Gasteiger partial charge is 0.325 e. The Morgan fingerprint density at radius 3 is 2.93 bits per heavy atom. The molecule has 0 aromatic heterocycles. The molecule has 14 heavy (non-hydrogen) atoms. The van der Waals surface area contributed by atoms with Crippen molar-refractivity contribution in [2.75, 3.05) is 6.54 Å². The Hall–Kier alpha value is -1.10. The number of urea groups is 1. The fourth-order valence-corrected chi connectivity index (χ4v) is 1.38. The van der Waals surface area contributed by atoms with Crippen LogP contribution in [0.4, 0.5) is 4.79 Å². The molecule has 5 heteroatoms. The summed E-state index contributed by atoms with van der Waals surface area (Å²) in [6, 6.07) is -0.123. The van der Waals surface area contributed by atoms with Gasteiger partial charge in [0.25, 0.3) is 5.17 Å². The summed E-state index contributed by atoms with van der Waals surface area (Å²) in [6.45, 7) is 7.82. The first-order chi connectivity index (χ1) is 6.54. The summed E-state index contributed by atoms with van der Waals surface area (Å²) in [5.74, 6) is 0. The van der Waals surface area contributed by atoms with E-state index in [4.69, 9.17) is 17.0 Å². The van der Waals surface area contributed by atoms with E-state index in [1.54, 1.807) is 6.08 Å². The molecule has 0 unspecified atom stereocenters. The number of ether oxygens (including phenoxy) is 1. The first-order valence-corrected chi connectivity index (χ1v) is 4.86. The van der Waals surface area contributed by atoms with E-state index in [9.17, 15) is 4.79 Å². The van der Waals surface area contributed by atoms with Crippen LogP contribution in [0.1, 0.15) is 13.8 Å². The first-order valence-electron chi connectivity index (χ1n) is 4.45. The molecule has 0 bridgehead atoms. The van der Waals surface area contributed by atoms with Crippen LogP contribution in [0, 0.1) is 0 Å². The molecule has 0 saturated carbocycles. The quantitative estimate of drug-likeness (QED) is 0.556. The average Bonchev–Trinajstić information content (AvgIpc) is 2.45. The normalized spacial score (nSPS) is 20.9. The minimum Gasteiger partial charge on any atom is -0.461 e. The van der Waals surface area contributed by atoms with Gasteiger partial charge in [-0.2, -0.15) is 0 Å². The number of thiocarbonyl (C=S) groups is 1. The molecule has 1 aliphatic heterocycles. The summed E-state index contributed by atoms with van der Waals surface area (Å²) in [7, 11) is 0. The van der Waals surface area contributed by atoms with Gasteiger partial charge in [-0.3, -0.25) is 4.90 Å². The molecule has 1 saturated heterocycles. The van der Waals surface area contributed by atoms with Gasteiger partial charge in [-0.05, 0) is 32.1 Å². The van der Waals surface area contributed by atoms with E-state index < -0.39 is 0 Å². The van der Waals surface area contributed by atoms with Gasteiger partial charge in [0.2, 0.25) is 0 Å². The molecule has 1 aliphatic rings. The summed E-state index contributed by atoms with van der Waals surface area (Å²) in [5, 5.41) is 2.96. The average molecular weight is 214 g/mol. The Bertz CT molecular complexity index is 266. The van der Waals surface area contributed by atoms with E-state index in [1.165, 1.54) is 4.90 Å². The molecule has 0 radical (unpaired) electrons. The Kier molecular flexibility index (Phi) is 3.46. The molecule has 1 fully saturated rings. The predicted octanol–water partition coefficient (Wildman–Crippen LogP) is 1.28. The lowest BCUT2D eigenvalue weighted by molar-refractivity contribution is 0.221. The van der Waals surface area contributed by atoms with E-state index in [0.717, 1.165) is 0 Å². The van der Waals surface area contributed by atoms with Crippen molar-refractivity contribution in [2.24, 2.45) is 0 Å². The van der Waals surface area contributed by atoms with Crippen LogP contribution in [0.5, 0.6) is 0 Å².